The summed E-state index contributed by atoms with van der Waals surface area (Å²) in [4.78, 5) is 19.4. The van der Waals surface area contributed by atoms with Crippen molar-refractivity contribution in [3.63, 3.8) is 0 Å². The summed E-state index contributed by atoms with van der Waals surface area (Å²) in [6, 6.07) is 11.5. The zero-order valence-electron chi connectivity index (χ0n) is 15.8. The summed E-state index contributed by atoms with van der Waals surface area (Å²) >= 11 is 1.40. The van der Waals surface area contributed by atoms with Crippen LogP contribution < -0.4 is 0 Å². The number of ether oxygens (including phenoxy) is 1. The average Bonchev–Trinajstić information content (AvgIpc) is 3.37. The molecule has 0 spiro atoms. The number of halogens is 1. The molecule has 5 rings (SSSR count). The number of phenols is 1. The van der Waals surface area contributed by atoms with Gasteiger partial charge < -0.3 is 14.7 Å². The molecule has 4 aromatic rings. The predicted octanol–water partition coefficient (Wildman–Crippen LogP) is 3.44. The van der Waals surface area contributed by atoms with E-state index >= 15 is 0 Å². The van der Waals surface area contributed by atoms with E-state index in [1.807, 2.05) is 12.1 Å². The minimum absolute atomic E-state index is 0.00423. The van der Waals surface area contributed by atoms with Gasteiger partial charge in [-0.1, -0.05) is 23.5 Å². The highest BCUT2D eigenvalue weighted by atomic mass is 32.1. The van der Waals surface area contributed by atoms with E-state index in [2.05, 4.69) is 10.1 Å². The second-order valence-electron chi connectivity index (χ2n) is 6.89. The molecule has 1 saturated heterocycles. The van der Waals surface area contributed by atoms with Gasteiger partial charge in [-0.3, -0.25) is 4.79 Å². The topological polar surface area (TPSA) is 80.0 Å². The molecule has 2 aromatic heterocycles. The van der Waals surface area contributed by atoms with Crippen LogP contribution in [0.15, 0.2) is 48.7 Å². The lowest BCUT2D eigenvalue weighted by Gasteiger charge is -2.26. The highest BCUT2D eigenvalue weighted by Crippen LogP contribution is 2.31. The van der Waals surface area contributed by atoms with Crippen molar-refractivity contribution in [1.82, 2.24) is 19.5 Å². The number of carbonyl (C=O) groups excluding carboxylic acids is 1. The molecule has 1 aliphatic rings. The summed E-state index contributed by atoms with van der Waals surface area (Å²) in [7, 11) is 0. The minimum Gasteiger partial charge on any atom is -0.505 e. The van der Waals surface area contributed by atoms with E-state index in [0.29, 0.717) is 48.1 Å². The van der Waals surface area contributed by atoms with Gasteiger partial charge in [-0.05, 0) is 30.3 Å². The van der Waals surface area contributed by atoms with Crippen molar-refractivity contribution in [2.24, 2.45) is 0 Å². The Kier molecular flexibility index (Phi) is 4.68. The van der Waals surface area contributed by atoms with Gasteiger partial charge in [0.1, 0.15) is 5.01 Å². The fraction of sp³-hybridized carbons (Fsp3) is 0.190. The van der Waals surface area contributed by atoms with Crippen LogP contribution in [0, 0.1) is 5.82 Å². The number of rotatable bonds is 3. The van der Waals surface area contributed by atoms with E-state index in [1.165, 1.54) is 23.5 Å². The fourth-order valence-corrected chi connectivity index (χ4v) is 4.26. The Bertz CT molecular complexity index is 1230. The Morgan fingerprint density at radius 2 is 1.83 bits per heavy atom. The summed E-state index contributed by atoms with van der Waals surface area (Å²) in [6.07, 6.45) is 1.62. The van der Waals surface area contributed by atoms with Gasteiger partial charge >= 0.3 is 0 Å². The van der Waals surface area contributed by atoms with Crippen molar-refractivity contribution in [2.45, 2.75) is 0 Å². The van der Waals surface area contributed by atoms with Gasteiger partial charge in [0, 0.05) is 29.8 Å². The average molecular weight is 424 g/mol. The highest BCUT2D eigenvalue weighted by Gasteiger charge is 2.19. The van der Waals surface area contributed by atoms with Crippen LogP contribution in [0.2, 0.25) is 0 Å². The number of fused-ring (bicyclic) bond motifs is 1. The predicted molar refractivity (Wildman–Crippen MR) is 110 cm³/mol. The van der Waals surface area contributed by atoms with Crippen molar-refractivity contribution in [2.75, 3.05) is 26.3 Å². The van der Waals surface area contributed by atoms with Gasteiger partial charge in [-0.25, -0.2) is 13.9 Å². The lowest BCUT2D eigenvalue weighted by Crippen LogP contribution is -2.40. The van der Waals surface area contributed by atoms with Crippen LogP contribution >= 0.6 is 11.3 Å². The zero-order valence-corrected chi connectivity index (χ0v) is 16.6. The zero-order chi connectivity index (χ0) is 20.7. The molecule has 30 heavy (non-hydrogen) atoms. The first-order chi connectivity index (χ1) is 14.6. The summed E-state index contributed by atoms with van der Waals surface area (Å²) in [5.41, 5.74) is 2.70. The summed E-state index contributed by atoms with van der Waals surface area (Å²) < 4.78 is 20.7. The van der Waals surface area contributed by atoms with E-state index < -0.39 is 11.6 Å². The molecule has 0 atom stereocenters. The molecular formula is C21H17FN4O3S. The number of aromatic nitrogens is 3. The Morgan fingerprint density at radius 3 is 2.57 bits per heavy atom. The third-order valence-corrected chi connectivity index (χ3v) is 5.98. The molecule has 7 nitrogen and oxygen atoms in total. The monoisotopic (exact) mass is 424 g/mol. The third-order valence-electron chi connectivity index (χ3n) is 5.01. The van der Waals surface area contributed by atoms with Crippen molar-refractivity contribution < 1.29 is 19.0 Å². The number of aromatic hydroxyl groups is 1. The maximum atomic E-state index is 13.7. The van der Waals surface area contributed by atoms with E-state index in [9.17, 15) is 14.3 Å². The number of carbonyl (C=O) groups is 1. The quantitative estimate of drug-likeness (QED) is 0.545. The molecule has 1 aliphatic heterocycles. The molecule has 9 heteroatoms. The smallest absolute Gasteiger partial charge is 0.254 e. The van der Waals surface area contributed by atoms with E-state index in [-0.39, 0.29) is 5.91 Å². The van der Waals surface area contributed by atoms with E-state index in [0.717, 1.165) is 10.6 Å². The Morgan fingerprint density at radius 1 is 1.10 bits per heavy atom. The van der Waals surface area contributed by atoms with Crippen LogP contribution in [-0.2, 0) is 4.74 Å². The fourth-order valence-electron chi connectivity index (χ4n) is 3.38. The molecule has 0 unspecified atom stereocenters. The molecule has 0 saturated carbocycles. The van der Waals surface area contributed by atoms with Crippen molar-refractivity contribution in [1.29, 1.82) is 0 Å². The molecule has 1 N–H and O–H groups in total. The minimum atomic E-state index is -0.696. The molecule has 1 amide bonds. The normalized spacial score (nSPS) is 14.4. The standard InChI is InChI=1S/C21H17FN4O3S/c22-16-11-15(5-6-18(16)27)17-12-23-21-26(17)24-19(30-21)13-1-3-14(4-2-13)20(28)25-7-9-29-10-8-25/h1-6,11-12,27H,7-10H2. The molecule has 3 heterocycles. The van der Waals surface area contributed by atoms with Crippen LogP contribution in [0.25, 0.3) is 26.8 Å². The van der Waals surface area contributed by atoms with Gasteiger partial charge in [-0.15, -0.1) is 0 Å². The summed E-state index contributed by atoms with van der Waals surface area (Å²) in [6.45, 7) is 2.34. The van der Waals surface area contributed by atoms with Crippen LogP contribution in [0.1, 0.15) is 10.4 Å². The van der Waals surface area contributed by atoms with Crippen LogP contribution in [0.5, 0.6) is 5.75 Å². The van der Waals surface area contributed by atoms with Crippen molar-refractivity contribution >= 4 is 22.2 Å². The number of nitrogens with zero attached hydrogens (tertiary/aromatic N) is 4. The third kappa shape index (κ3) is 3.31. The van der Waals surface area contributed by atoms with Gasteiger partial charge in [-0.2, -0.15) is 5.10 Å². The molecule has 0 bridgehead atoms. The number of phenolic OH excluding ortho intramolecular Hbond substituents is 1. The number of hydrogen-bond donors (Lipinski definition) is 1. The SMILES string of the molecule is O=C(c1ccc(-c2nn3c(-c4ccc(O)c(F)c4)cnc3s2)cc1)N1CCOCC1. The Balaban J connectivity index is 1.43. The van der Waals surface area contributed by atoms with Crippen LogP contribution in [0.4, 0.5) is 4.39 Å². The second kappa shape index (κ2) is 7.51. The lowest BCUT2D eigenvalue weighted by molar-refractivity contribution is 0.0303. The Labute approximate surface area is 175 Å². The Hall–Kier alpha value is -3.30. The largest absolute Gasteiger partial charge is 0.505 e. The number of amides is 1. The van der Waals surface area contributed by atoms with Crippen LogP contribution in [-0.4, -0.2) is 56.8 Å². The first kappa shape index (κ1) is 18.7. The molecule has 2 aromatic carbocycles. The maximum Gasteiger partial charge on any atom is 0.254 e. The molecule has 152 valence electrons. The van der Waals surface area contributed by atoms with Crippen LogP contribution in [0.3, 0.4) is 0 Å². The first-order valence-electron chi connectivity index (χ1n) is 9.41. The first-order valence-corrected chi connectivity index (χ1v) is 10.2. The maximum absolute atomic E-state index is 13.7. The number of hydrogen-bond acceptors (Lipinski definition) is 6. The van der Waals surface area contributed by atoms with Crippen molar-refractivity contribution in [3.05, 3.63) is 60.0 Å². The molecule has 1 fully saturated rings. The lowest BCUT2D eigenvalue weighted by atomic mass is 10.1. The highest BCUT2D eigenvalue weighted by molar-refractivity contribution is 7.19. The van der Waals surface area contributed by atoms with E-state index in [1.54, 1.807) is 33.8 Å². The molecule has 0 aliphatic carbocycles. The van der Waals surface area contributed by atoms with Gasteiger partial charge in [0.15, 0.2) is 11.6 Å². The van der Waals surface area contributed by atoms with Gasteiger partial charge in [0.25, 0.3) is 5.91 Å². The molecular weight excluding hydrogens is 407 g/mol. The number of imidazole rings is 1. The number of morpholine rings is 1. The second-order valence-corrected chi connectivity index (χ2v) is 7.85. The van der Waals surface area contributed by atoms with E-state index in [4.69, 9.17) is 4.74 Å². The van der Waals surface area contributed by atoms with Crippen molar-refractivity contribution in [3.8, 4) is 27.6 Å². The van der Waals surface area contributed by atoms with Gasteiger partial charge in [0.2, 0.25) is 4.96 Å². The summed E-state index contributed by atoms with van der Waals surface area (Å²) in [5.74, 6) is -1.10. The summed E-state index contributed by atoms with van der Waals surface area (Å²) in [5, 5.41) is 14.8. The van der Waals surface area contributed by atoms with Gasteiger partial charge in [0.05, 0.1) is 25.1 Å². The number of benzene rings is 2. The molecule has 0 radical (unpaired) electrons.